The minimum atomic E-state index is -4.48. The molecule has 1 aliphatic heterocycles. The number of nitrogens with zero attached hydrogens (tertiary/aromatic N) is 1. The lowest BCUT2D eigenvalue weighted by molar-refractivity contribution is -0.137. The molecular formula is C21H21F3N2O2. The molecule has 148 valence electrons. The van der Waals surface area contributed by atoms with Crippen LogP contribution in [-0.4, -0.2) is 18.4 Å². The first-order valence-corrected chi connectivity index (χ1v) is 9.11. The molecule has 7 heteroatoms. The number of amides is 2. The van der Waals surface area contributed by atoms with Crippen molar-refractivity contribution in [2.75, 3.05) is 11.4 Å². The average molecular weight is 390 g/mol. The fourth-order valence-corrected chi connectivity index (χ4v) is 3.21. The lowest BCUT2D eigenvalue weighted by Crippen LogP contribution is -2.32. The monoisotopic (exact) mass is 390 g/mol. The Morgan fingerprint density at radius 3 is 2.46 bits per heavy atom. The van der Waals surface area contributed by atoms with Crippen LogP contribution >= 0.6 is 0 Å². The van der Waals surface area contributed by atoms with E-state index in [2.05, 4.69) is 12.2 Å². The summed E-state index contributed by atoms with van der Waals surface area (Å²) >= 11 is 0. The number of alkyl halides is 3. The number of carbonyl (C=O) groups is 2. The van der Waals surface area contributed by atoms with Gasteiger partial charge in [0.25, 0.3) is 0 Å². The largest absolute Gasteiger partial charge is 0.416 e. The summed E-state index contributed by atoms with van der Waals surface area (Å²) in [5.41, 5.74) is 1.49. The Morgan fingerprint density at radius 2 is 1.82 bits per heavy atom. The lowest BCUT2D eigenvalue weighted by Gasteiger charge is -2.18. The number of anilines is 1. The highest BCUT2D eigenvalue weighted by atomic mass is 19.4. The maximum Gasteiger partial charge on any atom is 0.416 e. The van der Waals surface area contributed by atoms with Crippen molar-refractivity contribution >= 4 is 17.5 Å². The molecule has 2 aromatic rings. The van der Waals surface area contributed by atoms with E-state index in [1.165, 1.54) is 22.6 Å². The molecule has 1 N–H and O–H groups in total. The number of carbonyl (C=O) groups excluding carboxylic acids is 2. The topological polar surface area (TPSA) is 49.4 Å². The van der Waals surface area contributed by atoms with Crippen molar-refractivity contribution in [3.8, 4) is 0 Å². The van der Waals surface area contributed by atoms with E-state index in [1.54, 1.807) is 0 Å². The van der Waals surface area contributed by atoms with E-state index < -0.39 is 17.7 Å². The Balaban J connectivity index is 1.62. The van der Waals surface area contributed by atoms with Gasteiger partial charge < -0.3 is 10.2 Å². The average Bonchev–Trinajstić information content (AvgIpc) is 3.08. The molecule has 0 aliphatic carbocycles. The second-order valence-corrected chi connectivity index (χ2v) is 6.84. The van der Waals surface area contributed by atoms with Gasteiger partial charge in [0.15, 0.2) is 0 Å². The van der Waals surface area contributed by atoms with E-state index in [1.807, 2.05) is 24.3 Å². The smallest absolute Gasteiger partial charge is 0.352 e. The van der Waals surface area contributed by atoms with E-state index in [4.69, 9.17) is 0 Å². The molecule has 2 aromatic carbocycles. The van der Waals surface area contributed by atoms with Gasteiger partial charge in [-0.1, -0.05) is 37.3 Å². The Bertz CT molecular complexity index is 863. The quantitative estimate of drug-likeness (QED) is 0.841. The predicted molar refractivity (Wildman–Crippen MR) is 99.6 cm³/mol. The van der Waals surface area contributed by atoms with Crippen molar-refractivity contribution < 1.29 is 22.8 Å². The second-order valence-electron chi connectivity index (χ2n) is 6.84. The molecular weight excluding hydrogens is 369 g/mol. The zero-order valence-electron chi connectivity index (χ0n) is 15.4. The van der Waals surface area contributed by atoms with Crippen LogP contribution in [0.2, 0.25) is 0 Å². The first-order chi connectivity index (χ1) is 13.3. The van der Waals surface area contributed by atoms with Gasteiger partial charge in [-0.25, -0.2) is 0 Å². The van der Waals surface area contributed by atoms with Crippen LogP contribution in [0, 0.1) is 5.92 Å². The van der Waals surface area contributed by atoms with Crippen molar-refractivity contribution in [2.24, 2.45) is 5.92 Å². The van der Waals surface area contributed by atoms with Gasteiger partial charge in [0.05, 0.1) is 11.5 Å². The summed E-state index contributed by atoms with van der Waals surface area (Å²) in [5, 5.41) is 2.81. The van der Waals surface area contributed by atoms with Crippen LogP contribution in [0.5, 0.6) is 0 Å². The van der Waals surface area contributed by atoms with Crippen molar-refractivity contribution in [3.63, 3.8) is 0 Å². The van der Waals surface area contributed by atoms with E-state index >= 15 is 0 Å². The third-order valence-corrected chi connectivity index (χ3v) is 4.88. The number of rotatable bonds is 5. The third-order valence-electron chi connectivity index (χ3n) is 4.88. The fourth-order valence-electron chi connectivity index (χ4n) is 3.21. The minimum absolute atomic E-state index is 0.0170. The normalized spacial score (nSPS) is 17.1. The van der Waals surface area contributed by atoms with E-state index in [0.29, 0.717) is 6.54 Å². The number of benzene rings is 2. The van der Waals surface area contributed by atoms with E-state index in [-0.39, 0.29) is 30.5 Å². The van der Waals surface area contributed by atoms with Crippen molar-refractivity contribution in [2.45, 2.75) is 32.5 Å². The maximum absolute atomic E-state index is 12.9. The molecule has 28 heavy (non-hydrogen) atoms. The Labute approximate surface area is 161 Å². The van der Waals surface area contributed by atoms with E-state index in [0.717, 1.165) is 24.1 Å². The molecule has 1 heterocycles. The molecule has 1 saturated heterocycles. The molecule has 0 radical (unpaired) electrons. The van der Waals surface area contributed by atoms with E-state index in [9.17, 15) is 22.8 Å². The first-order valence-electron chi connectivity index (χ1n) is 9.11. The highest BCUT2D eigenvalue weighted by Gasteiger charge is 2.36. The van der Waals surface area contributed by atoms with Crippen molar-refractivity contribution in [1.29, 1.82) is 0 Å². The zero-order chi connectivity index (χ0) is 20.3. The van der Waals surface area contributed by atoms with Gasteiger partial charge in [-0.3, -0.25) is 9.59 Å². The second kappa shape index (κ2) is 8.04. The summed E-state index contributed by atoms with van der Waals surface area (Å²) in [5.74, 6) is -1.22. The predicted octanol–water partition coefficient (Wildman–Crippen LogP) is 3.94. The van der Waals surface area contributed by atoms with Crippen LogP contribution in [-0.2, 0) is 28.7 Å². The van der Waals surface area contributed by atoms with Gasteiger partial charge in [0.2, 0.25) is 11.8 Å². The molecule has 1 atom stereocenters. The Hall–Kier alpha value is -2.83. The summed E-state index contributed by atoms with van der Waals surface area (Å²) in [6.45, 7) is 2.47. The lowest BCUT2D eigenvalue weighted by atomic mass is 10.1. The molecule has 0 spiro atoms. The van der Waals surface area contributed by atoms with Crippen LogP contribution in [0.15, 0.2) is 48.5 Å². The number of halogens is 3. The van der Waals surface area contributed by atoms with Crippen LogP contribution < -0.4 is 10.2 Å². The highest BCUT2D eigenvalue weighted by Crippen LogP contribution is 2.33. The molecule has 3 rings (SSSR count). The molecule has 2 amide bonds. The van der Waals surface area contributed by atoms with Crippen LogP contribution in [0.1, 0.15) is 30.0 Å². The van der Waals surface area contributed by atoms with Crippen LogP contribution in [0.25, 0.3) is 0 Å². The standard InChI is InChI=1S/C21H21F3N2O2/c1-2-14-6-8-15(9-7-14)12-25-20(28)16-10-19(27)26(13-16)18-5-3-4-17(11-18)21(22,23)24/h3-9,11,16H,2,10,12-13H2,1H3,(H,25,28)/t16-/m1/s1. The summed E-state index contributed by atoms with van der Waals surface area (Å²) in [6.07, 6.45) is -3.57. The summed E-state index contributed by atoms with van der Waals surface area (Å²) < 4.78 is 38.7. The molecule has 1 fully saturated rings. The highest BCUT2D eigenvalue weighted by molar-refractivity contribution is 6.00. The zero-order valence-corrected chi connectivity index (χ0v) is 15.4. The van der Waals surface area contributed by atoms with Gasteiger partial charge in [-0.05, 0) is 35.7 Å². The van der Waals surface area contributed by atoms with Gasteiger partial charge in [0, 0.05) is 25.2 Å². The summed E-state index contributed by atoms with van der Waals surface area (Å²) in [6, 6.07) is 12.5. The van der Waals surface area contributed by atoms with Gasteiger partial charge in [0.1, 0.15) is 0 Å². The van der Waals surface area contributed by atoms with Crippen molar-refractivity contribution in [1.82, 2.24) is 5.32 Å². The molecule has 0 aromatic heterocycles. The first kappa shape index (κ1) is 19.9. The summed E-state index contributed by atoms with van der Waals surface area (Å²) in [7, 11) is 0. The molecule has 0 unspecified atom stereocenters. The van der Waals surface area contributed by atoms with Crippen LogP contribution in [0.4, 0.5) is 18.9 Å². The molecule has 0 bridgehead atoms. The minimum Gasteiger partial charge on any atom is -0.352 e. The molecule has 0 saturated carbocycles. The van der Waals surface area contributed by atoms with Gasteiger partial charge in [-0.15, -0.1) is 0 Å². The number of hydrogen-bond acceptors (Lipinski definition) is 2. The van der Waals surface area contributed by atoms with Gasteiger partial charge in [-0.2, -0.15) is 13.2 Å². The van der Waals surface area contributed by atoms with Crippen molar-refractivity contribution in [3.05, 3.63) is 65.2 Å². The summed E-state index contributed by atoms with van der Waals surface area (Å²) in [4.78, 5) is 25.9. The number of hydrogen-bond donors (Lipinski definition) is 1. The molecule has 1 aliphatic rings. The maximum atomic E-state index is 12.9. The molecule has 4 nitrogen and oxygen atoms in total. The Kier molecular flexibility index (Phi) is 5.72. The number of aryl methyl sites for hydroxylation is 1. The van der Waals surface area contributed by atoms with Gasteiger partial charge >= 0.3 is 6.18 Å². The SMILES string of the molecule is CCc1ccc(CNC(=O)[C@@H]2CC(=O)N(c3cccc(C(F)(F)F)c3)C2)cc1. The fraction of sp³-hybridized carbons (Fsp3) is 0.333. The van der Waals surface area contributed by atoms with Crippen LogP contribution in [0.3, 0.4) is 0 Å². The Morgan fingerprint density at radius 1 is 1.14 bits per heavy atom. The number of nitrogens with one attached hydrogen (secondary N) is 1. The third kappa shape index (κ3) is 4.52.